The number of halogens is 1. The van der Waals surface area contributed by atoms with E-state index >= 15 is 0 Å². The number of carbonyl (C=O) groups excluding carboxylic acids is 2. The number of aryl methyl sites for hydroxylation is 1. The number of hydrogen-bond donors (Lipinski definition) is 0. The normalized spacial score (nSPS) is 10.8. The maximum Gasteiger partial charge on any atom is 0.338 e. The van der Waals surface area contributed by atoms with Gasteiger partial charge in [-0.25, -0.2) is 9.78 Å². The number of anilines is 2. The third-order valence-electron chi connectivity index (χ3n) is 4.48. The van der Waals surface area contributed by atoms with Gasteiger partial charge in [-0.15, -0.1) is 11.3 Å². The number of methoxy groups -OCH3 is 1. The summed E-state index contributed by atoms with van der Waals surface area (Å²) in [5.74, 6) is -0.0309. The van der Waals surface area contributed by atoms with Crippen molar-refractivity contribution in [1.82, 2.24) is 4.98 Å². The van der Waals surface area contributed by atoms with Crippen LogP contribution in [0.1, 0.15) is 42.4 Å². The molecule has 174 valence electrons. The Bertz CT molecular complexity index is 1160. The van der Waals surface area contributed by atoms with Crippen molar-refractivity contribution >= 4 is 45.6 Å². The Kier molecular flexibility index (Phi) is 7.94. The molecule has 0 spiro atoms. The molecule has 0 saturated carbocycles. The van der Waals surface area contributed by atoms with Crippen LogP contribution in [0.4, 0.5) is 10.8 Å². The van der Waals surface area contributed by atoms with E-state index in [-0.39, 0.29) is 29.2 Å². The molecule has 0 unspecified atom stereocenters. The fourth-order valence-corrected chi connectivity index (χ4v) is 4.20. The lowest BCUT2D eigenvalue weighted by atomic mass is 10.2. The molecule has 0 radical (unpaired) electrons. The van der Waals surface area contributed by atoms with Crippen molar-refractivity contribution in [1.29, 1.82) is 0 Å². The van der Waals surface area contributed by atoms with E-state index in [2.05, 4.69) is 4.98 Å². The number of ether oxygens (including phenoxy) is 3. The highest BCUT2D eigenvalue weighted by molar-refractivity contribution is 7.14. The lowest BCUT2D eigenvalue weighted by Gasteiger charge is -2.18. The first kappa shape index (κ1) is 24.5. The summed E-state index contributed by atoms with van der Waals surface area (Å²) in [6, 6.07) is 10.6. The summed E-state index contributed by atoms with van der Waals surface area (Å²) < 4.78 is 16.4. The molecule has 9 heteroatoms. The van der Waals surface area contributed by atoms with Gasteiger partial charge in [-0.3, -0.25) is 9.69 Å². The van der Waals surface area contributed by atoms with E-state index in [1.54, 1.807) is 5.38 Å². The van der Waals surface area contributed by atoms with Gasteiger partial charge in [0, 0.05) is 12.3 Å². The van der Waals surface area contributed by atoms with Crippen molar-refractivity contribution in [2.24, 2.45) is 0 Å². The minimum absolute atomic E-state index is 0.0565. The SMILES string of the molecule is COc1cc(C(=O)OCc2csc(N(C(C)=O)c3cccc(C)c3)n2)cc(Cl)c1OC(C)C. The summed E-state index contributed by atoms with van der Waals surface area (Å²) in [4.78, 5) is 30.9. The second kappa shape index (κ2) is 10.7. The van der Waals surface area contributed by atoms with Gasteiger partial charge in [0.1, 0.15) is 6.61 Å². The molecule has 2 aromatic carbocycles. The highest BCUT2D eigenvalue weighted by Crippen LogP contribution is 2.37. The number of aromatic nitrogens is 1. The zero-order valence-electron chi connectivity index (χ0n) is 19.0. The molecule has 3 aromatic rings. The summed E-state index contributed by atoms with van der Waals surface area (Å²) in [7, 11) is 1.47. The molecule has 0 atom stereocenters. The second-order valence-electron chi connectivity index (χ2n) is 7.55. The van der Waals surface area contributed by atoms with Crippen LogP contribution in [-0.2, 0) is 16.1 Å². The van der Waals surface area contributed by atoms with Gasteiger partial charge < -0.3 is 14.2 Å². The van der Waals surface area contributed by atoms with Crippen LogP contribution in [0, 0.1) is 6.92 Å². The van der Waals surface area contributed by atoms with Gasteiger partial charge in [-0.1, -0.05) is 23.7 Å². The van der Waals surface area contributed by atoms with Crippen LogP contribution in [0.5, 0.6) is 11.5 Å². The van der Waals surface area contributed by atoms with Crippen LogP contribution < -0.4 is 14.4 Å². The van der Waals surface area contributed by atoms with Gasteiger partial charge in [0.2, 0.25) is 5.91 Å². The van der Waals surface area contributed by atoms with Crippen LogP contribution in [0.15, 0.2) is 41.8 Å². The van der Waals surface area contributed by atoms with Gasteiger partial charge in [-0.2, -0.15) is 0 Å². The number of carbonyl (C=O) groups is 2. The Morgan fingerprint density at radius 2 is 1.97 bits per heavy atom. The van der Waals surface area contributed by atoms with Crippen molar-refractivity contribution in [3.05, 3.63) is 63.6 Å². The Hall–Kier alpha value is -3.10. The van der Waals surface area contributed by atoms with E-state index in [1.807, 2.05) is 45.0 Å². The Balaban J connectivity index is 1.74. The zero-order chi connectivity index (χ0) is 24.1. The molecule has 33 heavy (non-hydrogen) atoms. The van der Waals surface area contributed by atoms with Crippen molar-refractivity contribution in [3.8, 4) is 11.5 Å². The van der Waals surface area contributed by atoms with E-state index in [0.29, 0.717) is 22.3 Å². The molecule has 1 aromatic heterocycles. The molecular weight excluding hydrogens is 464 g/mol. The topological polar surface area (TPSA) is 78.0 Å². The Labute approximate surface area is 201 Å². The molecule has 0 fully saturated rings. The molecule has 0 aliphatic rings. The summed E-state index contributed by atoms with van der Waals surface area (Å²) in [6.45, 7) is 7.11. The first-order chi connectivity index (χ1) is 15.7. The van der Waals surface area contributed by atoms with E-state index < -0.39 is 5.97 Å². The number of thiazole rings is 1. The smallest absolute Gasteiger partial charge is 0.338 e. The lowest BCUT2D eigenvalue weighted by molar-refractivity contribution is -0.115. The average molecular weight is 489 g/mol. The summed E-state index contributed by atoms with van der Waals surface area (Å²) in [6.07, 6.45) is -0.109. The van der Waals surface area contributed by atoms with Gasteiger partial charge in [0.05, 0.1) is 35.2 Å². The first-order valence-electron chi connectivity index (χ1n) is 10.2. The maximum absolute atomic E-state index is 12.6. The highest BCUT2D eigenvalue weighted by Gasteiger charge is 2.20. The van der Waals surface area contributed by atoms with Crippen LogP contribution in [-0.4, -0.2) is 30.1 Å². The summed E-state index contributed by atoms with van der Waals surface area (Å²) >= 11 is 7.59. The standard InChI is InChI=1S/C24H25ClN2O5S/c1-14(2)32-22-20(25)10-17(11-21(22)30-5)23(29)31-12-18-13-33-24(26-18)27(16(4)28)19-8-6-7-15(3)9-19/h6-11,13-14H,12H2,1-5H3. The number of esters is 1. The summed E-state index contributed by atoms with van der Waals surface area (Å²) in [5, 5.41) is 2.50. The number of rotatable bonds is 8. The Morgan fingerprint density at radius 1 is 1.21 bits per heavy atom. The Morgan fingerprint density at radius 3 is 2.61 bits per heavy atom. The quantitative estimate of drug-likeness (QED) is 0.365. The second-order valence-corrected chi connectivity index (χ2v) is 8.79. The van der Waals surface area contributed by atoms with E-state index in [0.717, 1.165) is 11.3 Å². The number of nitrogens with zero attached hydrogens (tertiary/aromatic N) is 2. The van der Waals surface area contributed by atoms with Crippen LogP contribution in [0.2, 0.25) is 5.02 Å². The molecular formula is C24H25ClN2O5S. The predicted octanol–water partition coefficient (Wildman–Crippen LogP) is 5.94. The number of hydrogen-bond acceptors (Lipinski definition) is 7. The van der Waals surface area contributed by atoms with Gasteiger partial charge in [-0.05, 0) is 50.6 Å². The molecule has 0 aliphatic carbocycles. The molecule has 0 aliphatic heterocycles. The van der Waals surface area contributed by atoms with Gasteiger partial charge >= 0.3 is 5.97 Å². The van der Waals surface area contributed by atoms with Crippen LogP contribution in [0.25, 0.3) is 0 Å². The lowest BCUT2D eigenvalue weighted by Crippen LogP contribution is -2.22. The monoisotopic (exact) mass is 488 g/mol. The maximum atomic E-state index is 12.6. The zero-order valence-corrected chi connectivity index (χ0v) is 20.6. The average Bonchev–Trinajstić information content (AvgIpc) is 3.21. The van der Waals surface area contributed by atoms with Crippen LogP contribution >= 0.6 is 22.9 Å². The molecule has 0 N–H and O–H groups in total. The fourth-order valence-electron chi connectivity index (χ4n) is 3.07. The number of amides is 1. The summed E-state index contributed by atoms with van der Waals surface area (Å²) in [5.41, 5.74) is 2.52. The first-order valence-corrected chi connectivity index (χ1v) is 11.5. The van der Waals surface area contributed by atoms with Crippen molar-refractivity contribution < 1.29 is 23.8 Å². The molecule has 1 amide bonds. The van der Waals surface area contributed by atoms with Crippen molar-refractivity contribution in [2.45, 2.75) is 40.4 Å². The highest BCUT2D eigenvalue weighted by atomic mass is 35.5. The predicted molar refractivity (Wildman–Crippen MR) is 129 cm³/mol. The molecule has 7 nitrogen and oxygen atoms in total. The minimum Gasteiger partial charge on any atom is -0.493 e. The molecule has 1 heterocycles. The van der Waals surface area contributed by atoms with Crippen molar-refractivity contribution in [2.75, 3.05) is 12.0 Å². The van der Waals surface area contributed by atoms with Gasteiger partial charge in [0.15, 0.2) is 16.6 Å². The molecule has 3 rings (SSSR count). The largest absolute Gasteiger partial charge is 0.493 e. The van der Waals surface area contributed by atoms with E-state index in [9.17, 15) is 9.59 Å². The number of benzene rings is 2. The molecule has 0 saturated heterocycles. The molecule has 0 bridgehead atoms. The van der Waals surface area contributed by atoms with Gasteiger partial charge in [0.25, 0.3) is 0 Å². The third kappa shape index (κ3) is 6.03. The minimum atomic E-state index is -0.581. The van der Waals surface area contributed by atoms with Crippen molar-refractivity contribution in [3.63, 3.8) is 0 Å². The third-order valence-corrected chi connectivity index (χ3v) is 5.63. The fraction of sp³-hybridized carbons (Fsp3) is 0.292. The van der Waals surface area contributed by atoms with Crippen LogP contribution in [0.3, 0.4) is 0 Å². The van der Waals surface area contributed by atoms with E-state index in [4.69, 9.17) is 25.8 Å². The van der Waals surface area contributed by atoms with E-state index in [1.165, 1.54) is 42.4 Å².